The molecule has 1 nitrogen and oxygen atoms in total. The predicted molar refractivity (Wildman–Crippen MR) is 40.7 cm³/mol. The highest BCUT2D eigenvalue weighted by molar-refractivity contribution is 4.79. The highest BCUT2D eigenvalue weighted by Crippen LogP contribution is 2.23. The molecule has 1 fully saturated rings. The van der Waals surface area contributed by atoms with Crippen molar-refractivity contribution in [2.24, 2.45) is 11.8 Å². The lowest BCUT2D eigenvalue weighted by atomic mass is 9.86. The lowest BCUT2D eigenvalue weighted by molar-refractivity contribution is 0.140. The lowest BCUT2D eigenvalue weighted by Gasteiger charge is -2.29. The summed E-state index contributed by atoms with van der Waals surface area (Å²) in [4.78, 5) is 0. The van der Waals surface area contributed by atoms with Gasteiger partial charge in [0.2, 0.25) is 0 Å². The van der Waals surface area contributed by atoms with Crippen LogP contribution in [0.1, 0.15) is 20.3 Å². The van der Waals surface area contributed by atoms with Crippen molar-refractivity contribution in [2.45, 2.75) is 26.4 Å². The molecule has 1 saturated heterocycles. The molecular formula is C8H16FN. The molecule has 2 atom stereocenters. The van der Waals surface area contributed by atoms with Crippen molar-refractivity contribution >= 4 is 0 Å². The zero-order valence-electron chi connectivity index (χ0n) is 6.73. The van der Waals surface area contributed by atoms with E-state index in [1.165, 1.54) is 0 Å². The molecule has 1 aliphatic heterocycles. The second-order valence-corrected chi connectivity index (χ2v) is 3.42. The Labute approximate surface area is 62.0 Å². The van der Waals surface area contributed by atoms with Gasteiger partial charge < -0.3 is 5.32 Å². The molecule has 0 aromatic heterocycles. The van der Waals surface area contributed by atoms with Crippen LogP contribution in [0.25, 0.3) is 0 Å². The summed E-state index contributed by atoms with van der Waals surface area (Å²) in [6, 6.07) is 0. The maximum absolute atomic E-state index is 13.0. The van der Waals surface area contributed by atoms with Gasteiger partial charge in [-0.2, -0.15) is 0 Å². The van der Waals surface area contributed by atoms with Crippen LogP contribution >= 0.6 is 0 Å². The van der Waals surface area contributed by atoms with Crippen LogP contribution in [0.15, 0.2) is 0 Å². The fourth-order valence-corrected chi connectivity index (χ4v) is 1.59. The van der Waals surface area contributed by atoms with Crippen molar-refractivity contribution in [3.8, 4) is 0 Å². The minimum Gasteiger partial charge on any atom is -0.314 e. The Kier molecular flexibility index (Phi) is 2.66. The number of hydrogen-bond donors (Lipinski definition) is 1. The summed E-state index contributed by atoms with van der Waals surface area (Å²) in [5.41, 5.74) is 0. The predicted octanol–water partition coefficient (Wildman–Crippen LogP) is 1.59. The van der Waals surface area contributed by atoms with Crippen molar-refractivity contribution in [3.05, 3.63) is 0 Å². The first-order valence-corrected chi connectivity index (χ1v) is 4.06. The molecule has 10 heavy (non-hydrogen) atoms. The Morgan fingerprint density at radius 3 is 2.60 bits per heavy atom. The SMILES string of the molecule is CC(C)[C@H]1CCNC[C@H]1F. The van der Waals surface area contributed by atoms with Crippen molar-refractivity contribution in [3.63, 3.8) is 0 Å². The minimum absolute atomic E-state index is 0.293. The zero-order valence-corrected chi connectivity index (χ0v) is 6.73. The number of alkyl halides is 1. The Balaban J connectivity index is 2.40. The van der Waals surface area contributed by atoms with E-state index in [1.807, 2.05) is 0 Å². The van der Waals surface area contributed by atoms with E-state index >= 15 is 0 Å². The molecule has 2 heteroatoms. The summed E-state index contributed by atoms with van der Waals surface area (Å²) in [5.74, 6) is 0.790. The summed E-state index contributed by atoms with van der Waals surface area (Å²) < 4.78 is 13.0. The summed E-state index contributed by atoms with van der Waals surface area (Å²) in [5, 5.41) is 3.04. The number of nitrogens with one attached hydrogen (secondary N) is 1. The zero-order chi connectivity index (χ0) is 7.56. The highest BCUT2D eigenvalue weighted by atomic mass is 19.1. The van der Waals surface area contributed by atoms with Crippen LogP contribution in [0.4, 0.5) is 4.39 Å². The quantitative estimate of drug-likeness (QED) is 0.591. The highest BCUT2D eigenvalue weighted by Gasteiger charge is 2.26. The summed E-state index contributed by atoms with van der Waals surface area (Å²) in [6.45, 7) is 5.75. The van der Waals surface area contributed by atoms with Crippen LogP contribution in [-0.2, 0) is 0 Å². The largest absolute Gasteiger partial charge is 0.314 e. The van der Waals surface area contributed by atoms with E-state index in [-0.39, 0.29) is 0 Å². The van der Waals surface area contributed by atoms with Gasteiger partial charge in [0.25, 0.3) is 0 Å². The molecule has 1 aliphatic rings. The first-order chi connectivity index (χ1) is 4.72. The smallest absolute Gasteiger partial charge is 0.116 e. The summed E-state index contributed by atoms with van der Waals surface area (Å²) in [6.07, 6.45) is 0.382. The van der Waals surface area contributed by atoms with Gasteiger partial charge in [0, 0.05) is 6.54 Å². The van der Waals surface area contributed by atoms with Gasteiger partial charge in [-0.05, 0) is 24.8 Å². The maximum Gasteiger partial charge on any atom is 0.116 e. The summed E-state index contributed by atoms with van der Waals surface area (Å²) >= 11 is 0. The third-order valence-corrected chi connectivity index (χ3v) is 2.31. The second-order valence-electron chi connectivity index (χ2n) is 3.42. The van der Waals surface area contributed by atoms with Gasteiger partial charge in [0.05, 0.1) is 0 Å². The van der Waals surface area contributed by atoms with Crippen LogP contribution in [-0.4, -0.2) is 19.3 Å². The Morgan fingerprint density at radius 2 is 2.20 bits per heavy atom. The van der Waals surface area contributed by atoms with Gasteiger partial charge in [-0.1, -0.05) is 13.8 Å². The van der Waals surface area contributed by atoms with E-state index in [1.54, 1.807) is 0 Å². The average Bonchev–Trinajstić information content (AvgIpc) is 1.88. The molecule has 0 aromatic carbocycles. The Hall–Kier alpha value is -0.110. The number of halogens is 1. The lowest BCUT2D eigenvalue weighted by Crippen LogP contribution is -2.40. The van der Waals surface area contributed by atoms with E-state index in [9.17, 15) is 4.39 Å². The van der Waals surface area contributed by atoms with E-state index in [0.29, 0.717) is 18.4 Å². The minimum atomic E-state index is -0.617. The molecule has 0 bridgehead atoms. The molecular weight excluding hydrogens is 129 g/mol. The number of rotatable bonds is 1. The molecule has 0 aromatic rings. The standard InChI is InChI=1S/C8H16FN/c1-6(2)7-3-4-10-5-8(7)9/h6-8,10H,3-5H2,1-2H3/t7-,8-/m1/s1. The molecule has 0 unspecified atom stereocenters. The van der Waals surface area contributed by atoms with Crippen LogP contribution in [0.3, 0.4) is 0 Å². The van der Waals surface area contributed by atoms with E-state index in [2.05, 4.69) is 19.2 Å². The second kappa shape index (κ2) is 3.33. The monoisotopic (exact) mass is 145 g/mol. The van der Waals surface area contributed by atoms with E-state index in [0.717, 1.165) is 13.0 Å². The molecule has 60 valence electrons. The number of piperidine rings is 1. The molecule has 0 amide bonds. The van der Waals surface area contributed by atoms with Crippen LogP contribution < -0.4 is 5.32 Å². The molecule has 1 heterocycles. The number of hydrogen-bond acceptors (Lipinski definition) is 1. The van der Waals surface area contributed by atoms with Crippen molar-refractivity contribution in [1.29, 1.82) is 0 Å². The molecule has 1 rings (SSSR count). The normalized spacial score (nSPS) is 34.8. The van der Waals surface area contributed by atoms with Crippen LogP contribution in [0, 0.1) is 11.8 Å². The molecule has 1 N–H and O–H groups in total. The van der Waals surface area contributed by atoms with Gasteiger partial charge in [-0.15, -0.1) is 0 Å². The summed E-state index contributed by atoms with van der Waals surface area (Å²) in [7, 11) is 0. The topological polar surface area (TPSA) is 12.0 Å². The third kappa shape index (κ3) is 1.69. The Bertz CT molecular complexity index is 103. The van der Waals surface area contributed by atoms with Gasteiger partial charge in [0.1, 0.15) is 6.17 Å². The molecule has 0 saturated carbocycles. The van der Waals surface area contributed by atoms with E-state index in [4.69, 9.17) is 0 Å². The molecule has 0 aliphatic carbocycles. The van der Waals surface area contributed by atoms with Crippen molar-refractivity contribution in [2.75, 3.05) is 13.1 Å². The fraction of sp³-hybridized carbons (Fsp3) is 1.00. The van der Waals surface area contributed by atoms with Crippen LogP contribution in [0.5, 0.6) is 0 Å². The third-order valence-electron chi connectivity index (χ3n) is 2.31. The fourth-order valence-electron chi connectivity index (χ4n) is 1.59. The molecule has 0 radical (unpaired) electrons. The first-order valence-electron chi connectivity index (χ1n) is 4.06. The van der Waals surface area contributed by atoms with Gasteiger partial charge in [-0.25, -0.2) is 4.39 Å². The van der Waals surface area contributed by atoms with Gasteiger partial charge >= 0.3 is 0 Å². The average molecular weight is 145 g/mol. The van der Waals surface area contributed by atoms with Crippen molar-refractivity contribution in [1.82, 2.24) is 5.32 Å². The Morgan fingerprint density at radius 1 is 1.50 bits per heavy atom. The van der Waals surface area contributed by atoms with E-state index < -0.39 is 6.17 Å². The van der Waals surface area contributed by atoms with Gasteiger partial charge in [-0.3, -0.25) is 0 Å². The van der Waals surface area contributed by atoms with Crippen molar-refractivity contribution < 1.29 is 4.39 Å². The van der Waals surface area contributed by atoms with Gasteiger partial charge in [0.15, 0.2) is 0 Å². The maximum atomic E-state index is 13.0. The first kappa shape index (κ1) is 7.99. The molecule has 0 spiro atoms. The van der Waals surface area contributed by atoms with Crippen LogP contribution in [0.2, 0.25) is 0 Å².